The Balaban J connectivity index is 4.35. The predicted octanol–water partition coefficient (Wildman–Crippen LogP) is -0.0630. The van der Waals surface area contributed by atoms with E-state index < -0.39 is 15.6 Å². The average molecular weight is 168 g/mol. The molecule has 10 heavy (non-hydrogen) atoms. The Labute approximate surface area is 60.9 Å². The fraction of sp³-hybridized carbons (Fsp3) is 1.00. The van der Waals surface area contributed by atoms with Gasteiger partial charge in [-0.25, -0.2) is 0 Å². The SMILES string of the molecule is COS(=O)(=O)C(O)C(C)C. The van der Waals surface area contributed by atoms with E-state index in [0.717, 1.165) is 7.11 Å². The van der Waals surface area contributed by atoms with Crippen LogP contribution in [0.1, 0.15) is 13.8 Å². The second kappa shape index (κ2) is 3.32. The quantitative estimate of drug-likeness (QED) is 0.599. The van der Waals surface area contributed by atoms with E-state index in [1.165, 1.54) is 0 Å². The first-order valence-corrected chi connectivity index (χ1v) is 4.36. The van der Waals surface area contributed by atoms with E-state index in [2.05, 4.69) is 4.18 Å². The lowest BCUT2D eigenvalue weighted by molar-refractivity contribution is 0.180. The van der Waals surface area contributed by atoms with Crippen molar-refractivity contribution in [1.29, 1.82) is 0 Å². The molecule has 0 aliphatic heterocycles. The zero-order valence-electron chi connectivity index (χ0n) is 6.23. The van der Waals surface area contributed by atoms with Gasteiger partial charge < -0.3 is 5.11 Å². The Kier molecular flexibility index (Phi) is 3.27. The molecule has 0 amide bonds. The van der Waals surface area contributed by atoms with Crippen molar-refractivity contribution in [1.82, 2.24) is 0 Å². The Morgan fingerprint density at radius 2 is 1.80 bits per heavy atom. The molecule has 1 unspecified atom stereocenters. The molecule has 5 heteroatoms. The minimum atomic E-state index is -3.74. The van der Waals surface area contributed by atoms with Gasteiger partial charge in [0.1, 0.15) is 0 Å². The first-order chi connectivity index (χ1) is 4.41. The van der Waals surface area contributed by atoms with Crippen LogP contribution in [-0.4, -0.2) is 26.1 Å². The molecule has 0 heterocycles. The van der Waals surface area contributed by atoms with E-state index >= 15 is 0 Å². The molecule has 0 saturated carbocycles. The summed E-state index contributed by atoms with van der Waals surface area (Å²) in [5.41, 5.74) is -1.42. The van der Waals surface area contributed by atoms with Gasteiger partial charge in [-0.1, -0.05) is 13.8 Å². The van der Waals surface area contributed by atoms with Crippen molar-refractivity contribution in [3.8, 4) is 0 Å². The van der Waals surface area contributed by atoms with Crippen molar-refractivity contribution in [2.75, 3.05) is 7.11 Å². The first-order valence-electron chi connectivity index (χ1n) is 2.89. The summed E-state index contributed by atoms with van der Waals surface area (Å²) < 4.78 is 25.4. The van der Waals surface area contributed by atoms with Gasteiger partial charge in [-0.3, -0.25) is 4.18 Å². The third-order valence-electron chi connectivity index (χ3n) is 1.10. The van der Waals surface area contributed by atoms with Gasteiger partial charge in [0.15, 0.2) is 5.44 Å². The van der Waals surface area contributed by atoms with E-state index in [9.17, 15) is 8.42 Å². The molecule has 0 saturated heterocycles. The molecule has 0 radical (unpaired) electrons. The van der Waals surface area contributed by atoms with Crippen LogP contribution < -0.4 is 0 Å². The van der Waals surface area contributed by atoms with Gasteiger partial charge in [0.2, 0.25) is 0 Å². The molecule has 0 aliphatic rings. The lowest BCUT2D eigenvalue weighted by atomic mass is 10.2. The van der Waals surface area contributed by atoms with Crippen LogP contribution in [-0.2, 0) is 14.3 Å². The van der Waals surface area contributed by atoms with Gasteiger partial charge in [0, 0.05) is 0 Å². The second-order valence-corrected chi connectivity index (χ2v) is 4.10. The number of aliphatic hydroxyl groups excluding tert-OH is 1. The maximum atomic E-state index is 10.7. The maximum Gasteiger partial charge on any atom is 0.294 e. The molecular weight excluding hydrogens is 156 g/mol. The standard InChI is InChI=1S/C5H12O4S/c1-4(2)5(6)10(7,8)9-3/h4-6H,1-3H3. The summed E-state index contributed by atoms with van der Waals surface area (Å²) in [5.74, 6) is -0.343. The lowest BCUT2D eigenvalue weighted by Gasteiger charge is -2.12. The van der Waals surface area contributed by atoms with E-state index in [-0.39, 0.29) is 5.92 Å². The predicted molar refractivity (Wildman–Crippen MR) is 36.8 cm³/mol. The third kappa shape index (κ3) is 2.24. The molecule has 62 valence electrons. The van der Waals surface area contributed by atoms with Gasteiger partial charge in [-0.2, -0.15) is 8.42 Å². The smallest absolute Gasteiger partial charge is 0.294 e. The topological polar surface area (TPSA) is 63.6 Å². The summed E-state index contributed by atoms with van der Waals surface area (Å²) in [6.07, 6.45) is 0. The van der Waals surface area contributed by atoms with Crippen LogP contribution in [0.2, 0.25) is 0 Å². The molecular formula is C5H12O4S. The maximum absolute atomic E-state index is 10.7. The first kappa shape index (κ1) is 9.87. The van der Waals surface area contributed by atoms with Crippen molar-refractivity contribution in [2.45, 2.75) is 19.3 Å². The Hall–Kier alpha value is -0.130. The molecule has 1 N–H and O–H groups in total. The summed E-state index contributed by atoms with van der Waals surface area (Å²) in [6, 6.07) is 0. The third-order valence-corrected chi connectivity index (χ3v) is 2.70. The highest BCUT2D eigenvalue weighted by atomic mass is 32.2. The Morgan fingerprint density at radius 1 is 1.40 bits per heavy atom. The van der Waals surface area contributed by atoms with Crippen molar-refractivity contribution in [3.63, 3.8) is 0 Å². The molecule has 0 aromatic rings. The van der Waals surface area contributed by atoms with Crippen LogP contribution >= 0.6 is 0 Å². The fourth-order valence-electron chi connectivity index (χ4n) is 0.432. The van der Waals surface area contributed by atoms with Crippen LogP contribution in [0.4, 0.5) is 0 Å². The molecule has 4 nitrogen and oxygen atoms in total. The van der Waals surface area contributed by atoms with Crippen LogP contribution in [0.5, 0.6) is 0 Å². The average Bonchev–Trinajstić information content (AvgIpc) is 1.86. The molecule has 0 spiro atoms. The molecule has 0 aromatic carbocycles. The lowest BCUT2D eigenvalue weighted by Crippen LogP contribution is -2.27. The Bertz CT molecular complexity index is 182. The Morgan fingerprint density at radius 3 is 1.90 bits per heavy atom. The van der Waals surface area contributed by atoms with Crippen LogP contribution in [0.15, 0.2) is 0 Å². The summed E-state index contributed by atoms with van der Waals surface area (Å²) >= 11 is 0. The largest absolute Gasteiger partial charge is 0.375 e. The fourth-order valence-corrected chi connectivity index (χ4v) is 1.30. The highest BCUT2D eigenvalue weighted by Gasteiger charge is 2.25. The molecule has 0 aliphatic carbocycles. The molecule has 0 fully saturated rings. The second-order valence-electron chi connectivity index (χ2n) is 2.29. The normalized spacial score (nSPS) is 15.7. The minimum absolute atomic E-state index is 0.343. The van der Waals surface area contributed by atoms with Crippen molar-refractivity contribution in [3.05, 3.63) is 0 Å². The van der Waals surface area contributed by atoms with Gasteiger partial charge in [-0.15, -0.1) is 0 Å². The number of hydrogen-bond acceptors (Lipinski definition) is 4. The highest BCUT2D eigenvalue weighted by Crippen LogP contribution is 2.09. The van der Waals surface area contributed by atoms with E-state index in [1.807, 2.05) is 0 Å². The van der Waals surface area contributed by atoms with Crippen molar-refractivity contribution >= 4 is 10.1 Å². The van der Waals surface area contributed by atoms with Crippen molar-refractivity contribution in [2.24, 2.45) is 5.92 Å². The summed E-state index contributed by atoms with van der Waals surface area (Å²) in [6.45, 7) is 3.20. The van der Waals surface area contributed by atoms with Crippen LogP contribution in [0.25, 0.3) is 0 Å². The van der Waals surface area contributed by atoms with Gasteiger partial charge >= 0.3 is 0 Å². The number of hydrogen-bond donors (Lipinski definition) is 1. The zero-order valence-corrected chi connectivity index (χ0v) is 7.05. The van der Waals surface area contributed by atoms with E-state index in [4.69, 9.17) is 5.11 Å². The molecule has 0 rings (SSSR count). The number of rotatable bonds is 3. The molecule has 1 atom stereocenters. The zero-order chi connectivity index (χ0) is 8.36. The highest BCUT2D eigenvalue weighted by molar-refractivity contribution is 7.87. The van der Waals surface area contributed by atoms with E-state index in [0.29, 0.717) is 0 Å². The van der Waals surface area contributed by atoms with Gasteiger partial charge in [0.05, 0.1) is 7.11 Å². The van der Waals surface area contributed by atoms with Crippen LogP contribution in [0, 0.1) is 5.92 Å². The van der Waals surface area contributed by atoms with Crippen LogP contribution in [0.3, 0.4) is 0 Å². The van der Waals surface area contributed by atoms with E-state index in [1.54, 1.807) is 13.8 Å². The van der Waals surface area contributed by atoms with Crippen molar-refractivity contribution < 1.29 is 17.7 Å². The summed E-state index contributed by atoms with van der Waals surface area (Å²) in [4.78, 5) is 0. The molecule has 0 bridgehead atoms. The van der Waals surface area contributed by atoms with Gasteiger partial charge in [0.25, 0.3) is 10.1 Å². The molecule has 0 aromatic heterocycles. The van der Waals surface area contributed by atoms with Gasteiger partial charge in [-0.05, 0) is 5.92 Å². The summed E-state index contributed by atoms with van der Waals surface area (Å²) in [5, 5.41) is 8.94. The monoisotopic (exact) mass is 168 g/mol. The number of aliphatic hydroxyl groups is 1. The minimum Gasteiger partial charge on any atom is -0.375 e. The summed E-state index contributed by atoms with van der Waals surface area (Å²) in [7, 11) is -2.71.